The summed E-state index contributed by atoms with van der Waals surface area (Å²) in [5.41, 5.74) is 1.19. The SMILES string of the molecule is CNc1cncc(N(C)Cc2ccc(OC)cc2)n1. The summed E-state index contributed by atoms with van der Waals surface area (Å²) in [5.74, 6) is 2.46. The minimum atomic E-state index is 0.763. The van der Waals surface area contributed by atoms with Gasteiger partial charge in [-0.15, -0.1) is 0 Å². The fourth-order valence-corrected chi connectivity index (χ4v) is 1.75. The molecule has 0 bridgehead atoms. The molecular weight excluding hydrogens is 240 g/mol. The van der Waals surface area contributed by atoms with Crippen LogP contribution in [-0.2, 0) is 6.54 Å². The van der Waals surface area contributed by atoms with E-state index >= 15 is 0 Å². The maximum Gasteiger partial charge on any atom is 0.149 e. The van der Waals surface area contributed by atoms with Crippen molar-refractivity contribution in [2.24, 2.45) is 0 Å². The molecule has 0 aliphatic heterocycles. The van der Waals surface area contributed by atoms with Crippen LogP contribution in [0.1, 0.15) is 5.56 Å². The zero-order valence-corrected chi connectivity index (χ0v) is 11.4. The predicted octanol–water partition coefficient (Wildman–Crippen LogP) is 2.16. The highest BCUT2D eigenvalue weighted by Gasteiger charge is 2.05. The van der Waals surface area contributed by atoms with Gasteiger partial charge < -0.3 is 15.0 Å². The molecule has 0 unspecified atom stereocenters. The lowest BCUT2D eigenvalue weighted by Gasteiger charge is -2.18. The summed E-state index contributed by atoms with van der Waals surface area (Å²) < 4.78 is 5.14. The third-order valence-electron chi connectivity index (χ3n) is 2.85. The number of rotatable bonds is 5. The normalized spacial score (nSPS) is 10.1. The first-order valence-electron chi connectivity index (χ1n) is 6.07. The lowest BCUT2D eigenvalue weighted by Crippen LogP contribution is -2.18. The van der Waals surface area contributed by atoms with Gasteiger partial charge in [-0.3, -0.25) is 4.98 Å². The highest BCUT2D eigenvalue weighted by atomic mass is 16.5. The number of benzene rings is 1. The van der Waals surface area contributed by atoms with Crippen LogP contribution < -0.4 is 15.0 Å². The number of nitrogens with zero attached hydrogens (tertiary/aromatic N) is 3. The zero-order valence-electron chi connectivity index (χ0n) is 11.4. The van der Waals surface area contributed by atoms with Crippen LogP contribution >= 0.6 is 0 Å². The highest BCUT2D eigenvalue weighted by molar-refractivity contribution is 5.43. The summed E-state index contributed by atoms with van der Waals surface area (Å²) >= 11 is 0. The third-order valence-corrected chi connectivity index (χ3v) is 2.85. The van der Waals surface area contributed by atoms with Gasteiger partial charge >= 0.3 is 0 Å². The molecule has 2 aromatic rings. The van der Waals surface area contributed by atoms with E-state index in [9.17, 15) is 0 Å². The second-order valence-electron chi connectivity index (χ2n) is 4.22. The third kappa shape index (κ3) is 3.34. The van der Waals surface area contributed by atoms with Crippen LogP contribution in [0.15, 0.2) is 36.7 Å². The van der Waals surface area contributed by atoms with Crippen LogP contribution in [0.2, 0.25) is 0 Å². The Bertz CT molecular complexity index is 527. The molecule has 0 aliphatic carbocycles. The topological polar surface area (TPSA) is 50.3 Å². The van der Waals surface area contributed by atoms with Gasteiger partial charge in [0.25, 0.3) is 0 Å². The molecular formula is C14H18N4O. The summed E-state index contributed by atoms with van der Waals surface area (Å²) in [6, 6.07) is 8.01. The molecule has 0 saturated carbocycles. The summed E-state index contributed by atoms with van der Waals surface area (Å²) in [5, 5.41) is 2.98. The fraction of sp³-hybridized carbons (Fsp3) is 0.286. The number of anilines is 2. The van der Waals surface area contributed by atoms with Crippen LogP contribution in [0, 0.1) is 0 Å². The number of hydrogen-bond donors (Lipinski definition) is 1. The summed E-state index contributed by atoms with van der Waals surface area (Å²) in [6.07, 6.45) is 3.45. The van der Waals surface area contributed by atoms with Crippen molar-refractivity contribution in [3.05, 3.63) is 42.2 Å². The van der Waals surface area contributed by atoms with Gasteiger partial charge in [0.05, 0.1) is 19.5 Å². The highest BCUT2D eigenvalue weighted by Crippen LogP contribution is 2.16. The molecule has 2 rings (SSSR count). The predicted molar refractivity (Wildman–Crippen MR) is 76.7 cm³/mol. The molecule has 0 radical (unpaired) electrons. The molecule has 5 nitrogen and oxygen atoms in total. The van der Waals surface area contributed by atoms with Crippen molar-refractivity contribution in [1.82, 2.24) is 9.97 Å². The van der Waals surface area contributed by atoms with Gasteiger partial charge in [0.15, 0.2) is 0 Å². The summed E-state index contributed by atoms with van der Waals surface area (Å²) in [4.78, 5) is 10.7. The van der Waals surface area contributed by atoms with E-state index in [1.165, 1.54) is 5.56 Å². The molecule has 1 N–H and O–H groups in total. The second-order valence-corrected chi connectivity index (χ2v) is 4.22. The van der Waals surface area contributed by atoms with E-state index in [1.807, 2.05) is 38.4 Å². The lowest BCUT2D eigenvalue weighted by molar-refractivity contribution is 0.414. The Balaban J connectivity index is 2.08. The Morgan fingerprint density at radius 2 is 1.95 bits per heavy atom. The molecule has 0 spiro atoms. The average Bonchev–Trinajstić information content (AvgIpc) is 2.48. The number of hydrogen-bond acceptors (Lipinski definition) is 5. The smallest absolute Gasteiger partial charge is 0.149 e. The summed E-state index contributed by atoms with van der Waals surface area (Å²) in [7, 11) is 5.49. The number of nitrogens with one attached hydrogen (secondary N) is 1. The van der Waals surface area contributed by atoms with Crippen LogP contribution in [0.4, 0.5) is 11.6 Å². The average molecular weight is 258 g/mol. The monoisotopic (exact) mass is 258 g/mol. The molecule has 100 valence electrons. The maximum atomic E-state index is 5.14. The van der Waals surface area contributed by atoms with Gasteiger partial charge in [0, 0.05) is 20.6 Å². The minimum absolute atomic E-state index is 0.763. The Morgan fingerprint density at radius 3 is 2.58 bits per heavy atom. The Morgan fingerprint density at radius 1 is 1.21 bits per heavy atom. The van der Waals surface area contributed by atoms with Gasteiger partial charge in [0.2, 0.25) is 0 Å². The molecule has 19 heavy (non-hydrogen) atoms. The van der Waals surface area contributed by atoms with E-state index < -0.39 is 0 Å². The summed E-state index contributed by atoms with van der Waals surface area (Å²) in [6.45, 7) is 0.770. The van der Waals surface area contributed by atoms with Crippen molar-refractivity contribution in [2.75, 3.05) is 31.4 Å². The molecule has 0 saturated heterocycles. The zero-order chi connectivity index (χ0) is 13.7. The van der Waals surface area contributed by atoms with Crippen molar-refractivity contribution in [3.63, 3.8) is 0 Å². The van der Waals surface area contributed by atoms with Crippen molar-refractivity contribution >= 4 is 11.6 Å². The molecule has 0 amide bonds. The molecule has 1 aromatic carbocycles. The van der Waals surface area contributed by atoms with Crippen LogP contribution in [0.25, 0.3) is 0 Å². The van der Waals surface area contributed by atoms with Crippen LogP contribution in [-0.4, -0.2) is 31.2 Å². The van der Waals surface area contributed by atoms with Crippen molar-refractivity contribution in [2.45, 2.75) is 6.54 Å². The van der Waals surface area contributed by atoms with E-state index in [2.05, 4.69) is 20.2 Å². The van der Waals surface area contributed by atoms with Crippen LogP contribution in [0.5, 0.6) is 5.75 Å². The number of ether oxygens (including phenoxy) is 1. The first-order chi connectivity index (χ1) is 9.22. The van der Waals surface area contributed by atoms with Gasteiger partial charge in [-0.25, -0.2) is 4.98 Å². The fourth-order valence-electron chi connectivity index (χ4n) is 1.75. The van der Waals surface area contributed by atoms with E-state index in [0.717, 1.165) is 23.9 Å². The van der Waals surface area contributed by atoms with Crippen molar-refractivity contribution in [1.29, 1.82) is 0 Å². The first kappa shape index (κ1) is 13.1. The van der Waals surface area contributed by atoms with Crippen molar-refractivity contribution < 1.29 is 4.74 Å². The van der Waals surface area contributed by atoms with E-state index in [1.54, 1.807) is 19.5 Å². The Labute approximate surface area is 113 Å². The molecule has 1 heterocycles. The maximum absolute atomic E-state index is 5.14. The van der Waals surface area contributed by atoms with Gasteiger partial charge in [0.1, 0.15) is 17.4 Å². The Kier molecular flexibility index (Phi) is 4.18. The Hall–Kier alpha value is -2.30. The minimum Gasteiger partial charge on any atom is -0.497 e. The van der Waals surface area contributed by atoms with E-state index in [4.69, 9.17) is 4.74 Å². The first-order valence-corrected chi connectivity index (χ1v) is 6.07. The van der Waals surface area contributed by atoms with Gasteiger partial charge in [-0.2, -0.15) is 0 Å². The number of aromatic nitrogens is 2. The second kappa shape index (κ2) is 6.04. The standard InChI is InChI=1S/C14H18N4O/c1-15-13-8-16-9-14(17-13)18(2)10-11-4-6-12(19-3)7-5-11/h4-9H,10H2,1-3H3,(H,15,17). The molecule has 0 aliphatic rings. The molecule has 5 heteroatoms. The van der Waals surface area contributed by atoms with Gasteiger partial charge in [-0.05, 0) is 17.7 Å². The van der Waals surface area contributed by atoms with E-state index in [-0.39, 0.29) is 0 Å². The quantitative estimate of drug-likeness (QED) is 0.890. The lowest BCUT2D eigenvalue weighted by atomic mass is 10.2. The largest absolute Gasteiger partial charge is 0.497 e. The molecule has 0 fully saturated rings. The molecule has 0 atom stereocenters. The number of methoxy groups -OCH3 is 1. The molecule has 1 aromatic heterocycles. The van der Waals surface area contributed by atoms with Crippen LogP contribution in [0.3, 0.4) is 0 Å². The van der Waals surface area contributed by atoms with Crippen molar-refractivity contribution in [3.8, 4) is 5.75 Å². The van der Waals surface area contributed by atoms with E-state index in [0.29, 0.717) is 0 Å². The van der Waals surface area contributed by atoms with Gasteiger partial charge in [-0.1, -0.05) is 12.1 Å².